The van der Waals surface area contributed by atoms with Crippen molar-refractivity contribution in [2.24, 2.45) is 0 Å². The zero-order valence-corrected chi connectivity index (χ0v) is 16.8. The molecule has 2 aliphatic rings. The van der Waals surface area contributed by atoms with Gasteiger partial charge in [0, 0.05) is 19.0 Å². The van der Waals surface area contributed by atoms with Crippen LogP contribution in [-0.4, -0.2) is 57.1 Å². The Hall–Kier alpha value is -1.64. The first-order valence-electron chi connectivity index (χ1n) is 9.66. The van der Waals surface area contributed by atoms with Crippen molar-refractivity contribution in [3.05, 3.63) is 23.8 Å². The molecular formula is C19H28N2O5S. The molecule has 0 spiro atoms. The summed E-state index contributed by atoms with van der Waals surface area (Å²) in [7, 11) is -3.60. The van der Waals surface area contributed by atoms with Crippen LogP contribution in [0, 0.1) is 0 Å². The fourth-order valence-corrected chi connectivity index (χ4v) is 5.53. The molecule has 27 heavy (non-hydrogen) atoms. The van der Waals surface area contributed by atoms with E-state index < -0.39 is 22.1 Å². The number of fused-ring (bicyclic) bond motifs is 1. The number of hydrogen-bond donors (Lipinski definition) is 1. The maximum Gasteiger partial charge on any atom is 0.347 e. The minimum atomic E-state index is -3.60. The Bertz CT molecular complexity index is 774. The molecule has 2 heterocycles. The topological polar surface area (TPSA) is 84.9 Å². The highest BCUT2D eigenvalue weighted by atomic mass is 32.2. The van der Waals surface area contributed by atoms with E-state index in [1.807, 2.05) is 6.92 Å². The third-order valence-corrected chi connectivity index (χ3v) is 6.97. The summed E-state index contributed by atoms with van der Waals surface area (Å²) in [6.07, 6.45) is 2.03. The SMILES string of the molecule is CCCN(C1CCNCC1)S(=O)(=O)c1ccc2c(c1)CC(C(=O)OCC)O2. The molecule has 0 saturated carbocycles. The molecule has 0 radical (unpaired) electrons. The van der Waals surface area contributed by atoms with Gasteiger partial charge in [-0.3, -0.25) is 0 Å². The Balaban J connectivity index is 1.83. The van der Waals surface area contributed by atoms with Gasteiger partial charge in [0.25, 0.3) is 0 Å². The molecule has 8 heteroatoms. The smallest absolute Gasteiger partial charge is 0.347 e. The highest BCUT2D eigenvalue weighted by Gasteiger charge is 2.35. The standard InChI is InChI=1S/C19H28N2O5S/c1-3-11-21(15-7-9-20-10-8-15)27(23,24)16-5-6-17-14(12-16)13-18(26-17)19(22)25-4-2/h5-6,12,15,18,20H,3-4,7-11,13H2,1-2H3. The molecule has 7 nitrogen and oxygen atoms in total. The minimum absolute atomic E-state index is 0.0213. The van der Waals surface area contributed by atoms with Crippen molar-refractivity contribution >= 4 is 16.0 Å². The van der Waals surface area contributed by atoms with Gasteiger partial charge in [-0.1, -0.05) is 6.92 Å². The number of piperidine rings is 1. The summed E-state index contributed by atoms with van der Waals surface area (Å²) < 4.78 is 38.9. The summed E-state index contributed by atoms with van der Waals surface area (Å²) in [6.45, 7) is 6.19. The van der Waals surface area contributed by atoms with E-state index in [2.05, 4.69) is 5.32 Å². The fourth-order valence-electron chi connectivity index (χ4n) is 3.70. The summed E-state index contributed by atoms with van der Waals surface area (Å²) in [5.41, 5.74) is 0.732. The Labute approximate surface area is 161 Å². The Kier molecular flexibility index (Phi) is 6.39. The number of carbonyl (C=O) groups excluding carboxylic acids is 1. The second kappa shape index (κ2) is 8.58. The lowest BCUT2D eigenvalue weighted by Gasteiger charge is -2.33. The van der Waals surface area contributed by atoms with Gasteiger partial charge < -0.3 is 14.8 Å². The van der Waals surface area contributed by atoms with Gasteiger partial charge in [0.1, 0.15) is 5.75 Å². The van der Waals surface area contributed by atoms with Gasteiger partial charge in [0.05, 0.1) is 11.5 Å². The number of carbonyl (C=O) groups is 1. The average molecular weight is 397 g/mol. The average Bonchev–Trinajstić information content (AvgIpc) is 3.10. The Morgan fingerprint density at radius 3 is 2.70 bits per heavy atom. The molecule has 1 N–H and O–H groups in total. The number of sulfonamides is 1. The maximum absolute atomic E-state index is 13.3. The third kappa shape index (κ3) is 4.28. The van der Waals surface area contributed by atoms with Crippen LogP contribution in [0.4, 0.5) is 0 Å². The molecule has 0 aromatic heterocycles. The van der Waals surface area contributed by atoms with E-state index >= 15 is 0 Å². The van der Waals surface area contributed by atoms with Gasteiger partial charge in [-0.15, -0.1) is 0 Å². The van der Waals surface area contributed by atoms with Crippen molar-refractivity contribution in [1.29, 1.82) is 0 Å². The van der Waals surface area contributed by atoms with Crippen LogP contribution < -0.4 is 10.1 Å². The Morgan fingerprint density at radius 2 is 2.04 bits per heavy atom. The summed E-state index contributed by atoms with van der Waals surface area (Å²) in [5, 5.41) is 3.28. The molecule has 1 fully saturated rings. The predicted octanol–water partition coefficient (Wildman–Crippen LogP) is 1.71. The number of nitrogens with one attached hydrogen (secondary N) is 1. The second-order valence-electron chi connectivity index (χ2n) is 6.93. The van der Waals surface area contributed by atoms with E-state index in [1.54, 1.807) is 29.4 Å². The lowest BCUT2D eigenvalue weighted by atomic mass is 10.1. The van der Waals surface area contributed by atoms with E-state index in [9.17, 15) is 13.2 Å². The van der Waals surface area contributed by atoms with E-state index in [4.69, 9.17) is 9.47 Å². The van der Waals surface area contributed by atoms with Gasteiger partial charge in [-0.25, -0.2) is 13.2 Å². The van der Waals surface area contributed by atoms with Gasteiger partial charge >= 0.3 is 5.97 Å². The van der Waals surface area contributed by atoms with Gasteiger partial charge in [-0.2, -0.15) is 4.31 Å². The first kappa shape index (κ1) is 20.1. The normalized spacial score (nSPS) is 20.3. The highest BCUT2D eigenvalue weighted by molar-refractivity contribution is 7.89. The highest BCUT2D eigenvalue weighted by Crippen LogP contribution is 2.33. The van der Waals surface area contributed by atoms with E-state index in [0.717, 1.165) is 37.9 Å². The molecular weight excluding hydrogens is 368 g/mol. The molecule has 3 rings (SSSR count). The number of benzene rings is 1. The minimum Gasteiger partial charge on any atom is -0.478 e. The molecule has 1 unspecified atom stereocenters. The third-order valence-electron chi connectivity index (χ3n) is 5.02. The lowest BCUT2D eigenvalue weighted by Crippen LogP contribution is -2.46. The number of hydrogen-bond acceptors (Lipinski definition) is 6. The first-order chi connectivity index (χ1) is 13.0. The summed E-state index contributed by atoms with van der Waals surface area (Å²) in [4.78, 5) is 12.2. The van der Waals surface area contributed by atoms with Crippen LogP contribution in [0.5, 0.6) is 5.75 Å². The van der Waals surface area contributed by atoms with Crippen LogP contribution in [0.3, 0.4) is 0 Å². The van der Waals surface area contributed by atoms with Crippen LogP contribution >= 0.6 is 0 Å². The largest absolute Gasteiger partial charge is 0.478 e. The van der Waals surface area contributed by atoms with Gasteiger partial charge in [0.2, 0.25) is 10.0 Å². The van der Waals surface area contributed by atoms with Crippen LogP contribution in [0.2, 0.25) is 0 Å². The van der Waals surface area contributed by atoms with E-state index in [-0.39, 0.29) is 17.5 Å². The molecule has 2 aliphatic heterocycles. The zero-order chi connectivity index (χ0) is 19.4. The van der Waals surface area contributed by atoms with Crippen molar-refractivity contribution in [2.45, 2.75) is 56.6 Å². The molecule has 0 aliphatic carbocycles. The fraction of sp³-hybridized carbons (Fsp3) is 0.632. The molecule has 0 bridgehead atoms. The molecule has 0 amide bonds. The first-order valence-corrected chi connectivity index (χ1v) is 11.1. The van der Waals surface area contributed by atoms with Crippen molar-refractivity contribution in [3.63, 3.8) is 0 Å². The lowest BCUT2D eigenvalue weighted by molar-refractivity contribution is -0.150. The molecule has 1 aromatic rings. The van der Waals surface area contributed by atoms with E-state index in [0.29, 0.717) is 18.7 Å². The number of ether oxygens (including phenoxy) is 2. The van der Waals surface area contributed by atoms with Crippen molar-refractivity contribution in [1.82, 2.24) is 9.62 Å². The van der Waals surface area contributed by atoms with Crippen molar-refractivity contribution in [3.8, 4) is 5.75 Å². The number of rotatable bonds is 7. The predicted molar refractivity (Wildman–Crippen MR) is 101 cm³/mol. The summed E-state index contributed by atoms with van der Waals surface area (Å²) in [6, 6.07) is 4.89. The van der Waals surface area contributed by atoms with Gasteiger partial charge in [-0.05, 0) is 63.0 Å². The van der Waals surface area contributed by atoms with Crippen LogP contribution in [0.1, 0.15) is 38.7 Å². The van der Waals surface area contributed by atoms with Crippen molar-refractivity contribution < 1.29 is 22.7 Å². The van der Waals surface area contributed by atoms with Crippen LogP contribution in [0.25, 0.3) is 0 Å². The monoisotopic (exact) mass is 396 g/mol. The second-order valence-corrected chi connectivity index (χ2v) is 8.82. The van der Waals surface area contributed by atoms with E-state index in [1.165, 1.54) is 0 Å². The maximum atomic E-state index is 13.3. The quantitative estimate of drug-likeness (QED) is 0.706. The zero-order valence-electron chi connectivity index (χ0n) is 15.9. The molecule has 150 valence electrons. The van der Waals surface area contributed by atoms with Crippen molar-refractivity contribution in [2.75, 3.05) is 26.2 Å². The molecule has 1 saturated heterocycles. The molecule has 1 aromatic carbocycles. The van der Waals surface area contributed by atoms with Gasteiger partial charge in [0.15, 0.2) is 6.10 Å². The number of esters is 1. The summed E-state index contributed by atoms with van der Waals surface area (Å²) >= 11 is 0. The van der Waals surface area contributed by atoms with Crippen LogP contribution in [0.15, 0.2) is 23.1 Å². The Morgan fingerprint density at radius 1 is 1.30 bits per heavy atom. The summed E-state index contributed by atoms with van der Waals surface area (Å²) in [5.74, 6) is 0.135. The molecule has 1 atom stereocenters. The van der Waals surface area contributed by atoms with Crippen LogP contribution in [-0.2, 0) is 26.0 Å². The number of nitrogens with zero attached hydrogens (tertiary/aromatic N) is 1.